The van der Waals surface area contributed by atoms with Gasteiger partial charge in [-0.3, -0.25) is 19.9 Å². The number of ketones is 1. The van der Waals surface area contributed by atoms with Crippen molar-refractivity contribution < 1.29 is 9.72 Å². The van der Waals surface area contributed by atoms with Gasteiger partial charge < -0.3 is 10.2 Å². The first-order valence-electron chi connectivity index (χ1n) is 7.82. The first-order chi connectivity index (χ1) is 12.1. The molecule has 1 N–H and O–H groups in total. The van der Waals surface area contributed by atoms with E-state index >= 15 is 0 Å². The van der Waals surface area contributed by atoms with Crippen LogP contribution in [0, 0.1) is 10.1 Å². The van der Waals surface area contributed by atoms with Crippen molar-refractivity contribution in [1.82, 2.24) is 4.90 Å². The number of rotatable bonds is 3. The van der Waals surface area contributed by atoms with E-state index < -0.39 is 4.92 Å². The Hall–Kier alpha value is -3.48. The lowest BCUT2D eigenvalue weighted by molar-refractivity contribution is -0.384. The molecule has 4 rings (SSSR count). The van der Waals surface area contributed by atoms with E-state index in [0.29, 0.717) is 18.9 Å². The van der Waals surface area contributed by atoms with Crippen molar-refractivity contribution in [2.24, 2.45) is 4.99 Å². The Kier molecular flexibility index (Phi) is 3.53. The number of nitrogens with zero attached hydrogens (tertiary/aromatic N) is 3. The summed E-state index contributed by atoms with van der Waals surface area (Å²) in [6.45, 7) is 1.35. The molecule has 25 heavy (non-hydrogen) atoms. The van der Waals surface area contributed by atoms with E-state index in [1.54, 1.807) is 6.07 Å². The number of hydrogen-bond donors (Lipinski definition) is 1. The Labute approximate surface area is 143 Å². The highest BCUT2D eigenvalue weighted by atomic mass is 16.6. The molecule has 2 aliphatic rings. The van der Waals surface area contributed by atoms with Crippen LogP contribution in [-0.2, 0) is 0 Å². The Morgan fingerprint density at radius 1 is 1.24 bits per heavy atom. The van der Waals surface area contributed by atoms with Gasteiger partial charge >= 0.3 is 0 Å². The van der Waals surface area contributed by atoms with Crippen LogP contribution in [0.4, 0.5) is 11.4 Å². The molecular formula is C18H14N4O3. The van der Waals surface area contributed by atoms with E-state index in [0.717, 1.165) is 17.1 Å². The molecule has 2 aromatic rings. The molecule has 0 unspecified atom stereocenters. The maximum atomic E-state index is 12.6. The third-order valence-corrected chi connectivity index (χ3v) is 4.17. The van der Waals surface area contributed by atoms with Crippen LogP contribution in [-0.4, -0.2) is 34.5 Å². The fourth-order valence-electron chi connectivity index (χ4n) is 3.00. The molecule has 2 aromatic carbocycles. The number of allylic oxidation sites excluding steroid dienone is 1. The third-order valence-electron chi connectivity index (χ3n) is 4.17. The van der Waals surface area contributed by atoms with E-state index in [-0.39, 0.29) is 17.0 Å². The summed E-state index contributed by atoms with van der Waals surface area (Å²) >= 11 is 0. The summed E-state index contributed by atoms with van der Waals surface area (Å²) in [4.78, 5) is 29.5. The smallest absolute Gasteiger partial charge is 0.270 e. The van der Waals surface area contributed by atoms with Crippen molar-refractivity contribution in [3.05, 3.63) is 81.7 Å². The number of benzene rings is 2. The zero-order valence-corrected chi connectivity index (χ0v) is 13.2. The molecule has 124 valence electrons. The van der Waals surface area contributed by atoms with Gasteiger partial charge in [0.2, 0.25) is 0 Å². The fourth-order valence-corrected chi connectivity index (χ4v) is 3.00. The topological polar surface area (TPSA) is 87.8 Å². The van der Waals surface area contributed by atoms with Crippen molar-refractivity contribution in [1.29, 1.82) is 0 Å². The van der Waals surface area contributed by atoms with Gasteiger partial charge in [0.1, 0.15) is 11.7 Å². The number of para-hydroxylation sites is 1. The van der Waals surface area contributed by atoms with Gasteiger partial charge in [-0.15, -0.1) is 0 Å². The molecular weight excluding hydrogens is 320 g/mol. The van der Waals surface area contributed by atoms with Gasteiger partial charge in [0.25, 0.3) is 5.69 Å². The number of nitro groups is 1. The average molecular weight is 334 g/mol. The van der Waals surface area contributed by atoms with Crippen molar-refractivity contribution in [2.75, 3.05) is 18.4 Å². The minimum Gasteiger partial charge on any atom is -0.341 e. The molecule has 0 atom stereocenters. The summed E-state index contributed by atoms with van der Waals surface area (Å²) in [5, 5.41) is 14.2. The number of carbonyl (C=O) groups is 1. The summed E-state index contributed by atoms with van der Waals surface area (Å²) in [7, 11) is 0. The molecule has 0 fully saturated rings. The van der Waals surface area contributed by atoms with Crippen molar-refractivity contribution in [2.45, 2.75) is 0 Å². The second-order valence-electron chi connectivity index (χ2n) is 5.73. The monoisotopic (exact) mass is 334 g/mol. The van der Waals surface area contributed by atoms with Crippen LogP contribution < -0.4 is 5.32 Å². The Balaban J connectivity index is 1.70. The predicted octanol–water partition coefficient (Wildman–Crippen LogP) is 2.81. The zero-order chi connectivity index (χ0) is 17.4. The van der Waals surface area contributed by atoms with Crippen molar-refractivity contribution in [3.63, 3.8) is 0 Å². The lowest BCUT2D eigenvalue weighted by atomic mass is 10.1. The lowest BCUT2D eigenvalue weighted by Crippen LogP contribution is -2.36. The molecule has 2 heterocycles. The van der Waals surface area contributed by atoms with Crippen LogP contribution in [0.2, 0.25) is 0 Å². The first-order valence-corrected chi connectivity index (χ1v) is 7.82. The van der Waals surface area contributed by atoms with Crippen molar-refractivity contribution >= 4 is 23.0 Å². The average Bonchev–Trinajstić information content (AvgIpc) is 3.12. The Morgan fingerprint density at radius 2 is 2.08 bits per heavy atom. The predicted molar refractivity (Wildman–Crippen MR) is 93.7 cm³/mol. The molecule has 0 aromatic heterocycles. The number of non-ortho nitro benzene ring substituents is 1. The number of carbonyl (C=O) groups excluding carboxylic acids is 1. The molecule has 7 nitrogen and oxygen atoms in total. The first kappa shape index (κ1) is 15.1. The minimum atomic E-state index is -0.510. The van der Waals surface area contributed by atoms with E-state index in [1.165, 1.54) is 24.3 Å². The van der Waals surface area contributed by atoms with Gasteiger partial charge in [-0.1, -0.05) is 24.3 Å². The van der Waals surface area contributed by atoms with Crippen LogP contribution in [0.3, 0.4) is 0 Å². The summed E-state index contributed by atoms with van der Waals surface area (Å²) in [5.74, 6) is 1.18. The zero-order valence-electron chi connectivity index (χ0n) is 13.2. The number of anilines is 1. The van der Waals surface area contributed by atoms with Gasteiger partial charge in [-0.2, -0.15) is 0 Å². The highest BCUT2D eigenvalue weighted by Gasteiger charge is 2.29. The molecule has 0 saturated heterocycles. The van der Waals surface area contributed by atoms with Crippen molar-refractivity contribution in [3.8, 4) is 0 Å². The summed E-state index contributed by atoms with van der Waals surface area (Å²) in [6, 6.07) is 13.5. The quantitative estimate of drug-likeness (QED) is 0.403. The largest absolute Gasteiger partial charge is 0.341 e. The fraction of sp³-hybridized carbons (Fsp3) is 0.111. The minimum absolute atomic E-state index is 0.102. The standard InChI is InChI=1S/C18H14N4O3/c23-16(12-4-3-5-13(10-12)22(24)25)11-17-20-15-7-2-1-6-14(15)18-19-8-9-21(17)18/h1-7,10-11,20H,8-9H2. The van der Waals surface area contributed by atoms with Crippen LogP contribution in [0.1, 0.15) is 15.9 Å². The van der Waals surface area contributed by atoms with Gasteiger partial charge in [-0.05, 0) is 12.1 Å². The lowest BCUT2D eigenvalue weighted by Gasteiger charge is -2.31. The SMILES string of the molecule is O=C(C=C1Nc2ccccc2C2=NCCN12)c1cccc([N+](=O)[O-])c1. The Morgan fingerprint density at radius 3 is 2.92 bits per heavy atom. The number of nitrogens with one attached hydrogen (secondary N) is 1. The van der Waals surface area contributed by atoms with Crippen LogP contribution >= 0.6 is 0 Å². The number of hydrogen-bond acceptors (Lipinski definition) is 6. The highest BCUT2D eigenvalue weighted by Crippen LogP contribution is 2.29. The number of aliphatic imine (C=N–C) groups is 1. The Bertz CT molecular complexity index is 949. The molecule has 0 aliphatic carbocycles. The molecule has 0 bridgehead atoms. The normalized spacial score (nSPS) is 16.7. The van der Waals surface area contributed by atoms with E-state index in [9.17, 15) is 14.9 Å². The summed E-state index contributed by atoms with van der Waals surface area (Å²) in [6.07, 6.45) is 1.47. The van der Waals surface area contributed by atoms with Gasteiger partial charge in [0, 0.05) is 35.9 Å². The second-order valence-corrected chi connectivity index (χ2v) is 5.73. The molecule has 0 radical (unpaired) electrons. The molecule has 2 aliphatic heterocycles. The molecule has 0 amide bonds. The van der Waals surface area contributed by atoms with E-state index in [2.05, 4.69) is 10.3 Å². The van der Waals surface area contributed by atoms with E-state index in [4.69, 9.17) is 0 Å². The van der Waals surface area contributed by atoms with Gasteiger partial charge in [0.05, 0.1) is 17.2 Å². The van der Waals surface area contributed by atoms with Gasteiger partial charge in [-0.25, -0.2) is 0 Å². The van der Waals surface area contributed by atoms with Crippen LogP contribution in [0.5, 0.6) is 0 Å². The maximum absolute atomic E-state index is 12.6. The van der Waals surface area contributed by atoms with E-state index in [1.807, 2.05) is 29.2 Å². The second kappa shape index (κ2) is 5.86. The highest BCUT2D eigenvalue weighted by molar-refractivity contribution is 6.10. The molecule has 7 heteroatoms. The van der Waals surface area contributed by atoms with Crippen LogP contribution in [0.25, 0.3) is 0 Å². The number of nitro benzene ring substituents is 1. The molecule has 0 saturated carbocycles. The van der Waals surface area contributed by atoms with Crippen LogP contribution in [0.15, 0.2) is 65.4 Å². The third kappa shape index (κ3) is 2.65. The number of amidine groups is 1. The maximum Gasteiger partial charge on any atom is 0.270 e. The van der Waals surface area contributed by atoms with Gasteiger partial charge in [0.15, 0.2) is 5.78 Å². The molecule has 0 spiro atoms. The number of fused-ring (bicyclic) bond motifs is 3. The summed E-state index contributed by atoms with van der Waals surface area (Å²) in [5.41, 5.74) is 2.06. The summed E-state index contributed by atoms with van der Waals surface area (Å²) < 4.78 is 0.